The summed E-state index contributed by atoms with van der Waals surface area (Å²) in [5.41, 5.74) is 3.00. The number of benzene rings is 2. The Hall–Kier alpha value is -1.89. The average Bonchev–Trinajstić information content (AvgIpc) is 2.65. The highest BCUT2D eigenvalue weighted by Crippen LogP contribution is 2.28. The molecule has 5 nitrogen and oxygen atoms in total. The van der Waals surface area contributed by atoms with Gasteiger partial charge in [0, 0.05) is 24.3 Å². The standard InChI is InChI=1S/C20H23ClN2O3S/c1-14-6-9-18(15(2)12-14)22-20(24)16-7-8-17(21)19(13-16)27(25,26)23-10-4-3-5-11-23/h6-9,12-13H,3-5,10-11H2,1-2H3,(H,22,24). The maximum absolute atomic E-state index is 12.9. The first-order chi connectivity index (χ1) is 12.8. The molecule has 144 valence electrons. The van der Waals surface area contributed by atoms with E-state index in [-0.39, 0.29) is 21.4 Å². The number of carbonyl (C=O) groups is 1. The molecule has 0 unspecified atom stereocenters. The molecule has 3 rings (SSSR count). The van der Waals surface area contributed by atoms with E-state index in [9.17, 15) is 13.2 Å². The monoisotopic (exact) mass is 406 g/mol. The Morgan fingerprint density at radius 3 is 2.41 bits per heavy atom. The molecule has 0 aliphatic carbocycles. The summed E-state index contributed by atoms with van der Waals surface area (Å²) in [6, 6.07) is 10.1. The molecule has 27 heavy (non-hydrogen) atoms. The molecule has 1 fully saturated rings. The maximum Gasteiger partial charge on any atom is 0.255 e. The van der Waals surface area contributed by atoms with Crippen LogP contribution in [0.2, 0.25) is 5.02 Å². The number of halogens is 1. The minimum absolute atomic E-state index is 0.0145. The Kier molecular flexibility index (Phi) is 5.89. The van der Waals surface area contributed by atoms with Crippen molar-refractivity contribution in [2.24, 2.45) is 0 Å². The van der Waals surface area contributed by atoms with E-state index < -0.39 is 10.0 Å². The van der Waals surface area contributed by atoms with Gasteiger partial charge in [0.25, 0.3) is 5.91 Å². The largest absolute Gasteiger partial charge is 0.322 e. The molecule has 1 saturated heterocycles. The number of nitrogens with one attached hydrogen (secondary N) is 1. The summed E-state index contributed by atoms with van der Waals surface area (Å²) < 4.78 is 27.3. The van der Waals surface area contributed by atoms with Crippen LogP contribution in [0, 0.1) is 13.8 Å². The summed E-state index contributed by atoms with van der Waals surface area (Å²) in [6.07, 6.45) is 2.70. The fraction of sp³-hybridized carbons (Fsp3) is 0.350. The second kappa shape index (κ2) is 8.00. The van der Waals surface area contributed by atoms with Crippen molar-refractivity contribution in [2.45, 2.75) is 38.0 Å². The molecular formula is C20H23ClN2O3S. The van der Waals surface area contributed by atoms with E-state index in [1.165, 1.54) is 22.5 Å². The lowest BCUT2D eigenvalue weighted by molar-refractivity contribution is 0.102. The van der Waals surface area contributed by atoms with Crippen molar-refractivity contribution in [3.8, 4) is 0 Å². The van der Waals surface area contributed by atoms with E-state index >= 15 is 0 Å². The number of amides is 1. The number of anilines is 1. The van der Waals surface area contributed by atoms with Gasteiger partial charge in [-0.05, 0) is 56.5 Å². The zero-order valence-corrected chi connectivity index (χ0v) is 17.0. The van der Waals surface area contributed by atoms with Crippen LogP contribution in [0.15, 0.2) is 41.3 Å². The van der Waals surface area contributed by atoms with Crippen LogP contribution < -0.4 is 5.32 Å². The topological polar surface area (TPSA) is 66.5 Å². The predicted octanol–water partition coefficient (Wildman–Crippen LogP) is 4.38. The van der Waals surface area contributed by atoms with Gasteiger partial charge in [-0.1, -0.05) is 35.7 Å². The summed E-state index contributed by atoms with van der Waals surface area (Å²) in [5.74, 6) is -0.367. The number of piperidine rings is 1. The number of carbonyl (C=O) groups excluding carboxylic acids is 1. The van der Waals surface area contributed by atoms with Crippen molar-refractivity contribution in [1.82, 2.24) is 4.31 Å². The average molecular weight is 407 g/mol. The van der Waals surface area contributed by atoms with Gasteiger partial charge in [0.05, 0.1) is 5.02 Å². The Morgan fingerprint density at radius 2 is 1.74 bits per heavy atom. The number of nitrogens with zero attached hydrogens (tertiary/aromatic N) is 1. The van der Waals surface area contributed by atoms with Crippen molar-refractivity contribution in [1.29, 1.82) is 0 Å². The zero-order valence-electron chi connectivity index (χ0n) is 15.5. The summed E-state index contributed by atoms with van der Waals surface area (Å²) in [7, 11) is -3.71. The molecule has 2 aromatic rings. The third kappa shape index (κ3) is 4.34. The molecule has 1 aliphatic rings. The summed E-state index contributed by atoms with van der Waals surface area (Å²) in [5, 5.41) is 2.97. The van der Waals surface area contributed by atoms with Crippen molar-refractivity contribution >= 4 is 33.2 Å². The van der Waals surface area contributed by atoms with Crippen LogP contribution in [0.5, 0.6) is 0 Å². The quantitative estimate of drug-likeness (QED) is 0.819. The van der Waals surface area contributed by atoms with Gasteiger partial charge < -0.3 is 5.32 Å². The van der Waals surface area contributed by atoms with E-state index in [1.54, 1.807) is 0 Å². The molecule has 0 aromatic heterocycles. The molecule has 0 spiro atoms. The van der Waals surface area contributed by atoms with Crippen LogP contribution in [0.25, 0.3) is 0 Å². The molecule has 0 bridgehead atoms. The summed E-state index contributed by atoms with van der Waals surface area (Å²) in [6.45, 7) is 4.86. The van der Waals surface area contributed by atoms with E-state index in [4.69, 9.17) is 11.6 Å². The molecule has 0 radical (unpaired) electrons. The van der Waals surface area contributed by atoms with Gasteiger partial charge in [0.15, 0.2) is 0 Å². The number of rotatable bonds is 4. The third-order valence-corrected chi connectivity index (χ3v) is 7.14. The Balaban J connectivity index is 1.89. The highest BCUT2D eigenvalue weighted by Gasteiger charge is 2.28. The van der Waals surface area contributed by atoms with Gasteiger partial charge in [-0.25, -0.2) is 8.42 Å². The maximum atomic E-state index is 12.9. The molecule has 1 aliphatic heterocycles. The molecule has 1 heterocycles. The molecule has 7 heteroatoms. The second-order valence-corrected chi connectivity index (χ2v) is 9.20. The van der Waals surface area contributed by atoms with Crippen molar-refractivity contribution < 1.29 is 13.2 Å². The first-order valence-electron chi connectivity index (χ1n) is 8.97. The second-order valence-electron chi connectivity index (χ2n) is 6.88. The normalized spacial score (nSPS) is 15.5. The Labute approximate surface area is 165 Å². The van der Waals surface area contributed by atoms with Gasteiger partial charge in [0.1, 0.15) is 4.90 Å². The number of sulfonamides is 1. The molecular weight excluding hydrogens is 384 g/mol. The molecule has 1 amide bonds. The van der Waals surface area contributed by atoms with Gasteiger partial charge in [-0.2, -0.15) is 4.31 Å². The van der Waals surface area contributed by atoms with Gasteiger partial charge in [0.2, 0.25) is 10.0 Å². The molecule has 0 atom stereocenters. The minimum atomic E-state index is -3.71. The Bertz CT molecular complexity index is 967. The number of hydrogen-bond donors (Lipinski definition) is 1. The van der Waals surface area contributed by atoms with E-state index in [0.29, 0.717) is 18.8 Å². The van der Waals surface area contributed by atoms with Crippen molar-refractivity contribution in [2.75, 3.05) is 18.4 Å². The van der Waals surface area contributed by atoms with Gasteiger partial charge in [-0.3, -0.25) is 4.79 Å². The summed E-state index contributed by atoms with van der Waals surface area (Å²) in [4.78, 5) is 12.6. The van der Waals surface area contributed by atoms with Crippen LogP contribution in [0.3, 0.4) is 0 Å². The van der Waals surface area contributed by atoms with Crippen LogP contribution in [-0.4, -0.2) is 31.7 Å². The third-order valence-electron chi connectivity index (χ3n) is 4.76. The lowest BCUT2D eigenvalue weighted by Gasteiger charge is -2.26. The SMILES string of the molecule is Cc1ccc(NC(=O)c2ccc(Cl)c(S(=O)(=O)N3CCCCC3)c2)c(C)c1. The fourth-order valence-corrected chi connectivity index (χ4v) is 5.25. The van der Waals surface area contributed by atoms with Gasteiger partial charge in [-0.15, -0.1) is 0 Å². The Morgan fingerprint density at radius 1 is 1.04 bits per heavy atom. The number of hydrogen-bond acceptors (Lipinski definition) is 3. The lowest BCUT2D eigenvalue weighted by atomic mass is 10.1. The zero-order chi connectivity index (χ0) is 19.6. The first-order valence-corrected chi connectivity index (χ1v) is 10.8. The smallest absolute Gasteiger partial charge is 0.255 e. The summed E-state index contributed by atoms with van der Waals surface area (Å²) >= 11 is 6.17. The van der Waals surface area contributed by atoms with Crippen LogP contribution in [-0.2, 0) is 10.0 Å². The van der Waals surface area contributed by atoms with Crippen molar-refractivity contribution in [3.05, 3.63) is 58.1 Å². The van der Waals surface area contributed by atoms with E-state index in [1.807, 2.05) is 32.0 Å². The van der Waals surface area contributed by atoms with Crippen LogP contribution in [0.4, 0.5) is 5.69 Å². The molecule has 0 saturated carbocycles. The van der Waals surface area contributed by atoms with E-state index in [2.05, 4.69) is 5.32 Å². The van der Waals surface area contributed by atoms with Crippen LogP contribution in [0.1, 0.15) is 40.7 Å². The highest BCUT2D eigenvalue weighted by atomic mass is 35.5. The predicted molar refractivity (Wildman–Crippen MR) is 108 cm³/mol. The highest BCUT2D eigenvalue weighted by molar-refractivity contribution is 7.89. The first kappa shape index (κ1) is 19.9. The minimum Gasteiger partial charge on any atom is -0.322 e. The van der Waals surface area contributed by atoms with Gasteiger partial charge >= 0.3 is 0 Å². The van der Waals surface area contributed by atoms with Crippen molar-refractivity contribution in [3.63, 3.8) is 0 Å². The molecule has 2 aromatic carbocycles. The van der Waals surface area contributed by atoms with Crippen LogP contribution >= 0.6 is 11.6 Å². The van der Waals surface area contributed by atoms with E-state index in [0.717, 1.165) is 30.4 Å². The lowest BCUT2D eigenvalue weighted by Crippen LogP contribution is -2.35. The molecule has 1 N–H and O–H groups in total. The number of aryl methyl sites for hydroxylation is 2. The fourth-order valence-electron chi connectivity index (χ4n) is 3.23.